The van der Waals surface area contributed by atoms with Gasteiger partial charge in [-0.1, -0.05) is 6.07 Å². The molecule has 30 heavy (non-hydrogen) atoms. The van der Waals surface area contributed by atoms with Crippen molar-refractivity contribution in [3.63, 3.8) is 0 Å². The lowest BCUT2D eigenvalue weighted by atomic mass is 10.2. The van der Waals surface area contributed by atoms with Gasteiger partial charge in [-0.3, -0.25) is 9.67 Å². The molecule has 0 amide bonds. The molecular weight excluding hydrogens is 397 g/mol. The molecule has 2 aliphatic carbocycles. The van der Waals surface area contributed by atoms with Gasteiger partial charge in [-0.05, 0) is 25.0 Å². The van der Waals surface area contributed by atoms with Crippen molar-refractivity contribution in [2.45, 2.75) is 37.6 Å². The predicted octanol–water partition coefficient (Wildman–Crippen LogP) is 3.56. The monoisotopic (exact) mass is 416 g/mol. The minimum absolute atomic E-state index is 0.0268. The number of nitrogens with one attached hydrogen (secondary N) is 1. The molecule has 2 fully saturated rings. The maximum atomic E-state index is 13.3. The summed E-state index contributed by atoms with van der Waals surface area (Å²) in [6, 6.07) is 7.18. The van der Waals surface area contributed by atoms with Crippen molar-refractivity contribution < 1.29 is 17.9 Å². The Hall–Kier alpha value is -3.17. The zero-order valence-corrected chi connectivity index (χ0v) is 16.1. The van der Waals surface area contributed by atoms with E-state index in [9.17, 15) is 13.2 Å². The molecule has 2 aliphatic rings. The maximum absolute atomic E-state index is 13.3. The normalized spacial score (nSPS) is 24.7. The number of halogens is 3. The van der Waals surface area contributed by atoms with E-state index in [1.54, 1.807) is 30.3 Å². The standard InChI is InChI=1S/C20H19F3N6O/c1-29-11-12(10-26-29)9-25-16-6-17(28-18(27-16)20(21,22)23)30-15-8-19(15)7-13(19)14-4-2-3-5-24-14/h2-6,10-11,13,15H,7-9H2,1H3,(H,25,27,28)/t13-,15-,19+/m1/s1. The molecule has 0 bridgehead atoms. The molecule has 156 valence electrons. The van der Waals surface area contributed by atoms with Crippen LogP contribution in [0, 0.1) is 5.41 Å². The maximum Gasteiger partial charge on any atom is 0.451 e. The summed E-state index contributed by atoms with van der Waals surface area (Å²) in [6.07, 6.45) is 2.05. The lowest BCUT2D eigenvalue weighted by Gasteiger charge is -2.12. The van der Waals surface area contributed by atoms with Gasteiger partial charge in [0.2, 0.25) is 11.7 Å². The summed E-state index contributed by atoms with van der Waals surface area (Å²) in [4.78, 5) is 11.6. The molecule has 0 aliphatic heterocycles. The lowest BCUT2D eigenvalue weighted by Crippen LogP contribution is -2.15. The third-order valence-corrected chi connectivity index (χ3v) is 5.66. The zero-order chi connectivity index (χ0) is 20.9. The van der Waals surface area contributed by atoms with Crippen LogP contribution in [0.25, 0.3) is 0 Å². The Morgan fingerprint density at radius 1 is 1.27 bits per heavy atom. The van der Waals surface area contributed by atoms with Gasteiger partial charge in [0.15, 0.2) is 0 Å². The number of alkyl halides is 3. The number of ether oxygens (including phenoxy) is 1. The molecule has 0 unspecified atom stereocenters. The van der Waals surface area contributed by atoms with E-state index < -0.39 is 12.0 Å². The van der Waals surface area contributed by atoms with E-state index in [4.69, 9.17) is 4.74 Å². The molecule has 2 saturated carbocycles. The number of aromatic nitrogens is 5. The molecule has 1 spiro atoms. The van der Waals surface area contributed by atoms with E-state index in [2.05, 4.69) is 25.4 Å². The summed E-state index contributed by atoms with van der Waals surface area (Å²) >= 11 is 0. The number of pyridine rings is 1. The van der Waals surface area contributed by atoms with Crippen LogP contribution in [0.3, 0.4) is 0 Å². The van der Waals surface area contributed by atoms with Gasteiger partial charge in [0.05, 0.1) is 6.20 Å². The van der Waals surface area contributed by atoms with Crippen LogP contribution >= 0.6 is 0 Å². The molecule has 1 N–H and O–H groups in total. The Morgan fingerprint density at radius 3 is 2.83 bits per heavy atom. The summed E-state index contributed by atoms with van der Waals surface area (Å²) in [5, 5.41) is 6.94. The third kappa shape index (κ3) is 3.57. The minimum atomic E-state index is -4.67. The van der Waals surface area contributed by atoms with Crippen LogP contribution < -0.4 is 10.1 Å². The van der Waals surface area contributed by atoms with Crippen LogP contribution in [0.15, 0.2) is 42.9 Å². The van der Waals surface area contributed by atoms with Crippen molar-refractivity contribution >= 4 is 5.82 Å². The first-order chi connectivity index (χ1) is 14.3. The Morgan fingerprint density at radius 2 is 2.13 bits per heavy atom. The highest BCUT2D eigenvalue weighted by Gasteiger charge is 2.73. The predicted molar refractivity (Wildman–Crippen MR) is 101 cm³/mol. The van der Waals surface area contributed by atoms with Crippen LogP contribution in [0.5, 0.6) is 5.88 Å². The zero-order valence-electron chi connectivity index (χ0n) is 16.1. The van der Waals surface area contributed by atoms with Gasteiger partial charge >= 0.3 is 6.18 Å². The largest absolute Gasteiger partial charge is 0.474 e. The summed E-state index contributed by atoms with van der Waals surface area (Å²) in [5.74, 6) is -0.946. The third-order valence-electron chi connectivity index (χ3n) is 5.66. The van der Waals surface area contributed by atoms with Gasteiger partial charge in [-0.15, -0.1) is 0 Å². The first-order valence-corrected chi connectivity index (χ1v) is 9.59. The first kappa shape index (κ1) is 18.8. The Balaban J connectivity index is 1.31. The fourth-order valence-corrected chi connectivity index (χ4v) is 3.93. The van der Waals surface area contributed by atoms with E-state index in [1.165, 1.54) is 6.07 Å². The molecule has 3 aromatic rings. The quantitative estimate of drug-likeness (QED) is 0.662. The molecular formula is C20H19F3N6O. The average molecular weight is 416 g/mol. The number of rotatable bonds is 6. The second kappa shape index (κ2) is 6.68. The molecule has 0 radical (unpaired) electrons. The molecule has 7 nitrogen and oxygen atoms in total. The fourth-order valence-electron chi connectivity index (χ4n) is 3.93. The van der Waals surface area contributed by atoms with E-state index in [0.29, 0.717) is 0 Å². The Bertz CT molecular complexity index is 1070. The van der Waals surface area contributed by atoms with E-state index in [1.807, 2.05) is 18.2 Å². The van der Waals surface area contributed by atoms with Crippen molar-refractivity contribution in [1.29, 1.82) is 0 Å². The number of hydrogen-bond acceptors (Lipinski definition) is 6. The molecule has 3 atom stereocenters. The summed E-state index contributed by atoms with van der Waals surface area (Å²) in [6.45, 7) is 0.288. The van der Waals surface area contributed by atoms with Crippen LogP contribution in [0.1, 0.15) is 35.8 Å². The van der Waals surface area contributed by atoms with Gasteiger partial charge in [-0.25, -0.2) is 4.98 Å². The van der Waals surface area contributed by atoms with Gasteiger partial charge in [-0.2, -0.15) is 23.3 Å². The summed E-state index contributed by atoms with van der Waals surface area (Å²) in [7, 11) is 1.77. The minimum Gasteiger partial charge on any atom is -0.474 e. The fraction of sp³-hybridized carbons (Fsp3) is 0.400. The second-order valence-electron chi connectivity index (χ2n) is 7.84. The lowest BCUT2D eigenvalue weighted by molar-refractivity contribution is -0.145. The van der Waals surface area contributed by atoms with Crippen molar-refractivity contribution in [2.75, 3.05) is 5.32 Å². The second-order valence-corrected chi connectivity index (χ2v) is 7.84. The number of nitrogens with zero attached hydrogens (tertiary/aromatic N) is 5. The SMILES string of the molecule is Cn1cc(CNc2cc(O[C@@H]3C[C@]34C[C@@H]4c3ccccn3)nc(C(F)(F)F)n2)cn1. The highest BCUT2D eigenvalue weighted by atomic mass is 19.4. The molecule has 10 heteroatoms. The van der Waals surface area contributed by atoms with Crippen molar-refractivity contribution in [3.05, 3.63) is 59.9 Å². The molecule has 5 rings (SSSR count). The number of hydrogen-bond donors (Lipinski definition) is 1. The summed E-state index contributed by atoms with van der Waals surface area (Å²) < 4.78 is 47.3. The number of anilines is 1. The van der Waals surface area contributed by atoms with E-state index in [-0.39, 0.29) is 35.7 Å². The molecule has 0 aromatic carbocycles. The van der Waals surface area contributed by atoms with Gasteiger partial charge < -0.3 is 10.1 Å². The summed E-state index contributed by atoms with van der Waals surface area (Å²) in [5.41, 5.74) is 1.80. The Kier molecular flexibility index (Phi) is 4.19. The van der Waals surface area contributed by atoms with Crippen molar-refractivity contribution in [3.8, 4) is 5.88 Å². The van der Waals surface area contributed by atoms with Gasteiger partial charge in [0, 0.05) is 54.6 Å². The number of aryl methyl sites for hydroxylation is 1. The first-order valence-electron chi connectivity index (χ1n) is 9.59. The van der Waals surface area contributed by atoms with Crippen LogP contribution in [-0.2, 0) is 19.8 Å². The highest BCUT2D eigenvalue weighted by Crippen LogP contribution is 2.75. The van der Waals surface area contributed by atoms with Crippen molar-refractivity contribution in [2.24, 2.45) is 12.5 Å². The average Bonchev–Trinajstić information content (AvgIpc) is 3.56. The van der Waals surface area contributed by atoms with Gasteiger partial charge in [0.25, 0.3) is 0 Å². The van der Waals surface area contributed by atoms with E-state index in [0.717, 1.165) is 24.1 Å². The van der Waals surface area contributed by atoms with Gasteiger partial charge in [0.1, 0.15) is 11.9 Å². The van der Waals surface area contributed by atoms with Crippen LogP contribution in [-0.4, -0.2) is 30.8 Å². The smallest absolute Gasteiger partial charge is 0.451 e. The van der Waals surface area contributed by atoms with Crippen LogP contribution in [0.4, 0.5) is 19.0 Å². The molecule has 3 aromatic heterocycles. The van der Waals surface area contributed by atoms with Crippen LogP contribution in [0.2, 0.25) is 0 Å². The molecule has 0 saturated heterocycles. The topological polar surface area (TPSA) is 77.8 Å². The van der Waals surface area contributed by atoms with Crippen molar-refractivity contribution in [1.82, 2.24) is 24.7 Å². The Labute approximate surface area is 170 Å². The van der Waals surface area contributed by atoms with E-state index >= 15 is 0 Å². The molecule has 3 heterocycles. The highest BCUT2D eigenvalue weighted by molar-refractivity contribution is 5.41.